The molecule has 0 radical (unpaired) electrons. The third-order valence-corrected chi connectivity index (χ3v) is 3.00. The highest BCUT2D eigenvalue weighted by Crippen LogP contribution is 2.17. The molecule has 0 saturated heterocycles. The number of hydrogen-bond acceptors (Lipinski definition) is 2. The van der Waals surface area contributed by atoms with Crippen molar-refractivity contribution >= 4 is 0 Å². The minimum Gasteiger partial charge on any atom is -0.310 e. The van der Waals surface area contributed by atoms with Crippen molar-refractivity contribution in [2.24, 2.45) is 5.41 Å². The van der Waals surface area contributed by atoms with E-state index in [1.807, 2.05) is 0 Å². The second-order valence-electron chi connectivity index (χ2n) is 7.04. The van der Waals surface area contributed by atoms with Crippen molar-refractivity contribution in [3.8, 4) is 0 Å². The second-order valence-corrected chi connectivity index (χ2v) is 7.04. The summed E-state index contributed by atoms with van der Waals surface area (Å²) in [5.41, 5.74) is 3.19. The Morgan fingerprint density at radius 2 is 1.68 bits per heavy atom. The molecule has 19 heavy (non-hydrogen) atoms. The fraction of sp³-hybridized carbons (Fsp3) is 0.647. The average Bonchev–Trinajstić information content (AvgIpc) is 2.25. The molecular formula is C17H30N2. The van der Waals surface area contributed by atoms with Crippen molar-refractivity contribution in [3.05, 3.63) is 35.4 Å². The van der Waals surface area contributed by atoms with Gasteiger partial charge < -0.3 is 10.2 Å². The van der Waals surface area contributed by atoms with Crippen LogP contribution in [0.1, 0.15) is 45.7 Å². The molecule has 0 aromatic heterocycles. The summed E-state index contributed by atoms with van der Waals surface area (Å²) in [7, 11) is 2.21. The summed E-state index contributed by atoms with van der Waals surface area (Å²) in [4.78, 5) is 2.41. The third kappa shape index (κ3) is 6.74. The van der Waals surface area contributed by atoms with Crippen LogP contribution in [0.2, 0.25) is 0 Å². The maximum absolute atomic E-state index is 3.51. The van der Waals surface area contributed by atoms with Gasteiger partial charge in [-0.3, -0.25) is 0 Å². The van der Waals surface area contributed by atoms with Crippen molar-refractivity contribution in [1.29, 1.82) is 0 Å². The van der Waals surface area contributed by atoms with Gasteiger partial charge in [-0.1, -0.05) is 58.9 Å². The maximum Gasteiger partial charge on any atom is 0.0234 e. The summed E-state index contributed by atoms with van der Waals surface area (Å²) in [6.45, 7) is 14.3. The van der Waals surface area contributed by atoms with Gasteiger partial charge in [-0.25, -0.2) is 0 Å². The van der Waals surface area contributed by atoms with Crippen LogP contribution < -0.4 is 5.32 Å². The highest BCUT2D eigenvalue weighted by molar-refractivity contribution is 5.27. The summed E-state index contributed by atoms with van der Waals surface area (Å²) in [5.74, 6) is 0. The van der Waals surface area contributed by atoms with E-state index in [1.54, 1.807) is 0 Å². The highest BCUT2D eigenvalue weighted by atomic mass is 15.1. The van der Waals surface area contributed by atoms with E-state index >= 15 is 0 Å². The molecule has 0 aliphatic rings. The van der Waals surface area contributed by atoms with Gasteiger partial charge in [-0.05, 0) is 23.6 Å². The Hall–Kier alpha value is -0.860. The van der Waals surface area contributed by atoms with E-state index in [9.17, 15) is 0 Å². The molecule has 0 saturated carbocycles. The van der Waals surface area contributed by atoms with Crippen molar-refractivity contribution in [2.75, 3.05) is 13.6 Å². The molecule has 0 aliphatic carbocycles. The van der Waals surface area contributed by atoms with Crippen LogP contribution in [0.25, 0.3) is 0 Å². The molecule has 0 atom stereocenters. The van der Waals surface area contributed by atoms with Crippen LogP contribution in [-0.2, 0) is 13.1 Å². The summed E-state index contributed by atoms with van der Waals surface area (Å²) in [6, 6.07) is 9.27. The van der Waals surface area contributed by atoms with Crippen molar-refractivity contribution < 1.29 is 0 Å². The molecule has 0 heterocycles. The molecule has 0 fully saturated rings. The smallest absolute Gasteiger partial charge is 0.0234 e. The number of nitrogens with zero attached hydrogens (tertiary/aromatic N) is 1. The molecule has 1 N–H and O–H groups in total. The summed E-state index contributed by atoms with van der Waals surface area (Å²) >= 11 is 0. The molecule has 108 valence electrons. The zero-order valence-corrected chi connectivity index (χ0v) is 13.5. The fourth-order valence-corrected chi connectivity index (χ4v) is 2.35. The topological polar surface area (TPSA) is 15.3 Å². The van der Waals surface area contributed by atoms with Crippen LogP contribution in [0.5, 0.6) is 0 Å². The Morgan fingerprint density at radius 3 is 2.21 bits per heavy atom. The lowest BCUT2D eigenvalue weighted by molar-refractivity contribution is 0.220. The minimum absolute atomic E-state index is 0.347. The van der Waals surface area contributed by atoms with Gasteiger partial charge in [0.15, 0.2) is 0 Å². The molecule has 0 aliphatic heterocycles. The maximum atomic E-state index is 3.51. The number of benzene rings is 1. The molecule has 0 unspecified atom stereocenters. The SMILES string of the molecule is CC(C)NCc1ccccc1CN(C)CC(C)(C)C. The van der Waals surface area contributed by atoms with Crippen molar-refractivity contribution in [2.45, 2.75) is 53.8 Å². The van der Waals surface area contributed by atoms with Gasteiger partial charge in [-0.2, -0.15) is 0 Å². The lowest BCUT2D eigenvalue weighted by atomic mass is 9.96. The third-order valence-electron chi connectivity index (χ3n) is 3.00. The number of hydrogen-bond donors (Lipinski definition) is 1. The molecule has 2 nitrogen and oxygen atoms in total. The van der Waals surface area contributed by atoms with Crippen LogP contribution in [0, 0.1) is 5.41 Å². The quantitative estimate of drug-likeness (QED) is 0.841. The molecule has 0 spiro atoms. The van der Waals surface area contributed by atoms with E-state index < -0.39 is 0 Å². The second kappa shape index (κ2) is 7.06. The molecule has 0 amide bonds. The Labute approximate surface area is 119 Å². The normalized spacial score (nSPS) is 12.4. The Balaban J connectivity index is 2.66. The summed E-state index contributed by atoms with van der Waals surface area (Å²) in [6.07, 6.45) is 0. The van der Waals surface area contributed by atoms with Gasteiger partial charge in [0.05, 0.1) is 0 Å². The predicted molar refractivity (Wildman–Crippen MR) is 84.2 cm³/mol. The Morgan fingerprint density at radius 1 is 1.11 bits per heavy atom. The Kier molecular flexibility index (Phi) is 6.02. The molecule has 0 bridgehead atoms. The first kappa shape index (κ1) is 16.2. The van der Waals surface area contributed by atoms with Crippen LogP contribution >= 0.6 is 0 Å². The van der Waals surface area contributed by atoms with E-state index in [0.717, 1.165) is 19.6 Å². The zero-order chi connectivity index (χ0) is 14.5. The first-order valence-electron chi connectivity index (χ1n) is 7.26. The first-order chi connectivity index (χ1) is 8.78. The van der Waals surface area contributed by atoms with Crippen LogP contribution in [0.15, 0.2) is 24.3 Å². The van der Waals surface area contributed by atoms with Gasteiger partial charge in [0.2, 0.25) is 0 Å². The average molecular weight is 262 g/mol. The zero-order valence-electron chi connectivity index (χ0n) is 13.5. The first-order valence-corrected chi connectivity index (χ1v) is 7.26. The van der Waals surface area contributed by atoms with E-state index in [-0.39, 0.29) is 0 Å². The predicted octanol–water partition coefficient (Wildman–Crippen LogP) is 3.66. The van der Waals surface area contributed by atoms with Gasteiger partial charge in [0, 0.05) is 25.7 Å². The van der Waals surface area contributed by atoms with Crippen LogP contribution in [-0.4, -0.2) is 24.5 Å². The van der Waals surface area contributed by atoms with E-state index in [4.69, 9.17) is 0 Å². The van der Waals surface area contributed by atoms with Crippen molar-refractivity contribution in [3.63, 3.8) is 0 Å². The molecular weight excluding hydrogens is 232 g/mol. The van der Waals surface area contributed by atoms with Gasteiger partial charge in [-0.15, -0.1) is 0 Å². The van der Waals surface area contributed by atoms with E-state index in [0.29, 0.717) is 11.5 Å². The number of nitrogens with one attached hydrogen (secondary N) is 1. The lowest BCUT2D eigenvalue weighted by Gasteiger charge is -2.27. The number of rotatable bonds is 6. The van der Waals surface area contributed by atoms with Gasteiger partial charge >= 0.3 is 0 Å². The summed E-state index contributed by atoms with van der Waals surface area (Å²) in [5, 5.41) is 3.51. The monoisotopic (exact) mass is 262 g/mol. The fourth-order valence-electron chi connectivity index (χ4n) is 2.35. The largest absolute Gasteiger partial charge is 0.310 e. The van der Waals surface area contributed by atoms with Crippen LogP contribution in [0.4, 0.5) is 0 Å². The van der Waals surface area contributed by atoms with Crippen LogP contribution in [0.3, 0.4) is 0 Å². The van der Waals surface area contributed by atoms with E-state index in [1.165, 1.54) is 11.1 Å². The molecule has 2 heteroatoms. The highest BCUT2D eigenvalue weighted by Gasteiger charge is 2.14. The Bertz CT molecular complexity index is 377. The van der Waals surface area contributed by atoms with Gasteiger partial charge in [0.25, 0.3) is 0 Å². The molecule has 1 aromatic rings. The lowest BCUT2D eigenvalue weighted by Crippen LogP contribution is -2.29. The van der Waals surface area contributed by atoms with Crippen molar-refractivity contribution in [1.82, 2.24) is 10.2 Å². The summed E-state index contributed by atoms with van der Waals surface area (Å²) < 4.78 is 0. The van der Waals surface area contributed by atoms with Gasteiger partial charge in [0.1, 0.15) is 0 Å². The molecule has 1 rings (SSSR count). The minimum atomic E-state index is 0.347. The standard InChI is InChI=1S/C17H30N2/c1-14(2)18-11-15-9-7-8-10-16(15)12-19(6)13-17(3,4)5/h7-10,14,18H,11-13H2,1-6H3. The van der Waals surface area contributed by atoms with E-state index in [2.05, 4.69) is 76.1 Å². The molecule has 1 aromatic carbocycles.